The zero-order chi connectivity index (χ0) is 20.5. The molecule has 0 radical (unpaired) electrons. The summed E-state index contributed by atoms with van der Waals surface area (Å²) in [5.74, 6) is 0. The average Bonchev–Trinajstić information content (AvgIpc) is 3.28. The molecule has 0 atom stereocenters. The maximum Gasteiger partial charge on any atom is 0.368 e. The lowest BCUT2D eigenvalue weighted by molar-refractivity contribution is 0.303. The van der Waals surface area contributed by atoms with Gasteiger partial charge in [0.05, 0.1) is 11.4 Å². The summed E-state index contributed by atoms with van der Waals surface area (Å²) in [6, 6.07) is 11.9. The first kappa shape index (κ1) is 19.1. The van der Waals surface area contributed by atoms with E-state index in [2.05, 4.69) is 41.4 Å². The molecule has 0 aliphatic carbocycles. The summed E-state index contributed by atoms with van der Waals surface area (Å²) in [5, 5.41) is 10.4. The molecular weight excluding hydrogens is 386 g/mol. The lowest BCUT2D eigenvalue weighted by atomic mass is 10.0. The molecule has 0 bridgehead atoms. The van der Waals surface area contributed by atoms with Crippen LogP contribution in [-0.2, 0) is 13.7 Å². The number of hydrogen-bond acceptors (Lipinski definition) is 6. The third-order valence-electron chi connectivity index (χ3n) is 4.90. The molecule has 0 aliphatic heterocycles. The summed E-state index contributed by atoms with van der Waals surface area (Å²) in [4.78, 5) is 16.9. The number of ether oxygens (including phenoxy) is 1. The van der Waals surface area contributed by atoms with Gasteiger partial charge in [-0.15, -0.1) is 0 Å². The van der Waals surface area contributed by atoms with Gasteiger partial charge in [0.25, 0.3) is 5.19 Å². The summed E-state index contributed by atoms with van der Waals surface area (Å²) >= 11 is 1.46. The van der Waals surface area contributed by atoms with Crippen LogP contribution in [0.25, 0.3) is 16.9 Å². The van der Waals surface area contributed by atoms with Crippen molar-refractivity contribution in [2.45, 2.75) is 27.4 Å². The number of thiazole rings is 1. The van der Waals surface area contributed by atoms with E-state index in [0.717, 1.165) is 22.4 Å². The van der Waals surface area contributed by atoms with Crippen molar-refractivity contribution in [1.82, 2.24) is 24.8 Å². The Labute approximate surface area is 172 Å². The topological polar surface area (TPSA) is 74.8 Å². The number of nitrogens with zero attached hydrogens (tertiary/aromatic N) is 5. The van der Waals surface area contributed by atoms with Crippen LogP contribution in [-0.4, -0.2) is 24.8 Å². The molecule has 4 aromatic rings. The van der Waals surface area contributed by atoms with Crippen molar-refractivity contribution in [2.24, 2.45) is 7.05 Å². The highest BCUT2D eigenvalue weighted by Crippen LogP contribution is 2.31. The van der Waals surface area contributed by atoms with Crippen molar-refractivity contribution in [3.05, 3.63) is 74.5 Å². The highest BCUT2D eigenvalue weighted by atomic mass is 32.1. The zero-order valence-electron chi connectivity index (χ0n) is 16.7. The summed E-state index contributed by atoms with van der Waals surface area (Å²) < 4.78 is 8.49. The number of benzene rings is 2. The van der Waals surface area contributed by atoms with Gasteiger partial charge in [0.2, 0.25) is 0 Å². The first-order valence-electron chi connectivity index (χ1n) is 9.18. The predicted molar refractivity (Wildman–Crippen MR) is 113 cm³/mol. The molecular formula is C21H21N5O2S. The molecule has 7 nitrogen and oxygen atoms in total. The van der Waals surface area contributed by atoms with Gasteiger partial charge in [-0.25, -0.2) is 9.78 Å². The Kier molecular flexibility index (Phi) is 5.02. The van der Waals surface area contributed by atoms with Crippen LogP contribution >= 0.6 is 11.3 Å². The van der Waals surface area contributed by atoms with Crippen LogP contribution in [0.4, 0.5) is 0 Å². The molecule has 0 N–H and O–H groups in total. The predicted octanol–water partition coefficient (Wildman–Crippen LogP) is 3.59. The van der Waals surface area contributed by atoms with E-state index in [1.165, 1.54) is 31.8 Å². The van der Waals surface area contributed by atoms with E-state index in [1.54, 1.807) is 7.05 Å². The van der Waals surface area contributed by atoms with Gasteiger partial charge >= 0.3 is 5.69 Å². The van der Waals surface area contributed by atoms with Gasteiger partial charge in [0, 0.05) is 23.6 Å². The number of aryl methyl sites for hydroxylation is 4. The fraction of sp³-hybridized carbons (Fsp3) is 0.238. The molecule has 2 heterocycles. The summed E-state index contributed by atoms with van der Waals surface area (Å²) in [7, 11) is 1.57. The van der Waals surface area contributed by atoms with Crippen molar-refractivity contribution >= 4 is 11.3 Å². The minimum absolute atomic E-state index is 0.282. The quantitative estimate of drug-likeness (QED) is 0.505. The average molecular weight is 407 g/mol. The van der Waals surface area contributed by atoms with Gasteiger partial charge in [-0.05, 0) is 54.0 Å². The monoisotopic (exact) mass is 407 g/mol. The second-order valence-corrected chi connectivity index (χ2v) is 7.74. The van der Waals surface area contributed by atoms with E-state index < -0.39 is 0 Å². The Bertz CT molecular complexity index is 1220. The Morgan fingerprint density at radius 1 is 1.00 bits per heavy atom. The highest BCUT2D eigenvalue weighted by molar-refractivity contribution is 7.11. The SMILES string of the molecule is Cc1cccc(-n2nnn(C)c2=O)c1COc1nc(-c2c(C)cccc2C)cs1. The Balaban J connectivity index is 1.62. The molecule has 0 spiro atoms. The molecule has 8 heteroatoms. The lowest BCUT2D eigenvalue weighted by Gasteiger charge is -2.11. The van der Waals surface area contributed by atoms with Crippen molar-refractivity contribution in [2.75, 3.05) is 0 Å². The van der Waals surface area contributed by atoms with Gasteiger partial charge in [-0.3, -0.25) is 0 Å². The van der Waals surface area contributed by atoms with Crippen molar-refractivity contribution in [3.63, 3.8) is 0 Å². The van der Waals surface area contributed by atoms with Crippen LogP contribution < -0.4 is 10.4 Å². The second-order valence-electron chi connectivity index (χ2n) is 6.92. The molecule has 4 rings (SSSR count). The van der Waals surface area contributed by atoms with E-state index in [1.807, 2.05) is 36.6 Å². The van der Waals surface area contributed by atoms with Crippen LogP contribution in [0.2, 0.25) is 0 Å². The van der Waals surface area contributed by atoms with Crippen molar-refractivity contribution in [1.29, 1.82) is 0 Å². The molecule has 0 fully saturated rings. The van der Waals surface area contributed by atoms with Gasteiger partial charge in [0.15, 0.2) is 0 Å². The van der Waals surface area contributed by atoms with E-state index in [-0.39, 0.29) is 12.3 Å². The fourth-order valence-electron chi connectivity index (χ4n) is 3.33. The van der Waals surface area contributed by atoms with Gasteiger partial charge in [-0.2, -0.15) is 9.36 Å². The molecule has 148 valence electrons. The van der Waals surface area contributed by atoms with Crippen LogP contribution in [0.3, 0.4) is 0 Å². The Morgan fingerprint density at radius 2 is 1.69 bits per heavy atom. The number of rotatable bonds is 5. The molecule has 0 aliphatic rings. The number of tetrazole rings is 1. The molecule has 0 saturated heterocycles. The van der Waals surface area contributed by atoms with E-state index in [9.17, 15) is 4.79 Å². The number of hydrogen-bond donors (Lipinski definition) is 0. The summed E-state index contributed by atoms with van der Waals surface area (Å²) in [5.41, 5.74) is 6.66. The first-order chi connectivity index (χ1) is 14.0. The van der Waals surface area contributed by atoms with Gasteiger partial charge in [-0.1, -0.05) is 41.7 Å². The summed E-state index contributed by atoms with van der Waals surface area (Å²) in [6.07, 6.45) is 0. The Hall–Kier alpha value is -3.26. The van der Waals surface area contributed by atoms with Crippen LogP contribution in [0, 0.1) is 20.8 Å². The molecule has 0 amide bonds. The third-order valence-corrected chi connectivity index (χ3v) is 5.65. The molecule has 0 unspecified atom stereocenters. The molecule has 2 aromatic carbocycles. The van der Waals surface area contributed by atoms with E-state index >= 15 is 0 Å². The normalized spacial score (nSPS) is 11.0. The fourth-order valence-corrected chi connectivity index (χ4v) is 3.99. The largest absolute Gasteiger partial charge is 0.465 e. The smallest absolute Gasteiger partial charge is 0.368 e. The van der Waals surface area contributed by atoms with E-state index in [0.29, 0.717) is 10.9 Å². The van der Waals surface area contributed by atoms with Gasteiger partial charge in [0.1, 0.15) is 6.61 Å². The lowest BCUT2D eigenvalue weighted by Crippen LogP contribution is -2.23. The molecule has 2 aromatic heterocycles. The maximum absolute atomic E-state index is 12.3. The maximum atomic E-state index is 12.3. The first-order valence-corrected chi connectivity index (χ1v) is 10.1. The highest BCUT2D eigenvalue weighted by Gasteiger charge is 2.15. The van der Waals surface area contributed by atoms with Crippen LogP contribution in [0.1, 0.15) is 22.3 Å². The third kappa shape index (κ3) is 3.58. The van der Waals surface area contributed by atoms with Crippen LogP contribution in [0.5, 0.6) is 5.19 Å². The summed E-state index contributed by atoms with van der Waals surface area (Å²) in [6.45, 7) is 6.43. The minimum Gasteiger partial charge on any atom is -0.465 e. The second kappa shape index (κ2) is 7.63. The Morgan fingerprint density at radius 3 is 2.38 bits per heavy atom. The van der Waals surface area contributed by atoms with E-state index in [4.69, 9.17) is 4.74 Å². The molecule has 29 heavy (non-hydrogen) atoms. The minimum atomic E-state index is -0.302. The van der Waals surface area contributed by atoms with Gasteiger partial charge < -0.3 is 4.74 Å². The van der Waals surface area contributed by atoms with Crippen molar-refractivity contribution < 1.29 is 4.74 Å². The number of aromatic nitrogens is 5. The van der Waals surface area contributed by atoms with Crippen molar-refractivity contribution in [3.8, 4) is 22.1 Å². The standard InChI is InChI=1S/C21H21N5O2S/c1-13-7-6-10-18(26-21(27)25(4)23-24-26)16(13)11-28-20-22-17(12-29-20)19-14(2)8-5-9-15(19)3/h5-10,12H,11H2,1-4H3. The molecule has 0 saturated carbocycles. The van der Waals surface area contributed by atoms with Crippen LogP contribution in [0.15, 0.2) is 46.6 Å². The zero-order valence-corrected chi connectivity index (χ0v) is 17.5.